The molecule has 1 aromatic rings. The van der Waals surface area contributed by atoms with Gasteiger partial charge >= 0.3 is 5.97 Å². The average Bonchev–Trinajstić information content (AvgIpc) is 2.42. The number of hydrogen-bond donors (Lipinski definition) is 2. The molecule has 5 heteroatoms. The maximum Gasteiger partial charge on any atom is 0.326 e. The highest BCUT2D eigenvalue weighted by molar-refractivity contribution is 6.01. The van der Waals surface area contributed by atoms with E-state index in [0.29, 0.717) is 17.5 Å². The minimum absolute atomic E-state index is 0.122. The molecule has 0 bridgehead atoms. The van der Waals surface area contributed by atoms with Crippen LogP contribution in [0.5, 0.6) is 0 Å². The molecule has 1 atom stereocenters. The molecule has 0 aliphatic rings. The third-order valence-electron chi connectivity index (χ3n) is 3.33. The Labute approximate surface area is 124 Å². The van der Waals surface area contributed by atoms with Crippen molar-refractivity contribution in [1.82, 2.24) is 5.32 Å². The van der Waals surface area contributed by atoms with Gasteiger partial charge in [-0.3, -0.25) is 9.59 Å². The number of carbonyl (C=O) groups excluding carboxylic acids is 2. The van der Waals surface area contributed by atoms with Gasteiger partial charge in [0.2, 0.25) is 0 Å². The number of aryl methyl sites for hydroxylation is 1. The van der Waals surface area contributed by atoms with Crippen LogP contribution in [0.3, 0.4) is 0 Å². The fraction of sp³-hybridized carbons (Fsp3) is 0.438. The van der Waals surface area contributed by atoms with Gasteiger partial charge in [0.15, 0.2) is 5.78 Å². The fourth-order valence-corrected chi connectivity index (χ4v) is 2.05. The van der Waals surface area contributed by atoms with Gasteiger partial charge in [-0.25, -0.2) is 4.79 Å². The van der Waals surface area contributed by atoms with Gasteiger partial charge in [-0.2, -0.15) is 0 Å². The molecule has 0 aliphatic carbocycles. The molecule has 0 aromatic heterocycles. The predicted molar refractivity (Wildman–Crippen MR) is 79.6 cm³/mol. The van der Waals surface area contributed by atoms with Gasteiger partial charge in [-0.05, 0) is 38.0 Å². The van der Waals surface area contributed by atoms with Crippen molar-refractivity contribution in [1.29, 1.82) is 0 Å². The zero-order chi connectivity index (χ0) is 16.0. The molecule has 0 spiro atoms. The first-order chi connectivity index (χ1) is 9.86. The summed E-state index contributed by atoms with van der Waals surface area (Å²) < 4.78 is 0. The monoisotopic (exact) mass is 291 g/mol. The minimum atomic E-state index is -1.05. The quantitative estimate of drug-likeness (QED) is 0.756. The Morgan fingerprint density at radius 3 is 2.48 bits per heavy atom. The molecule has 114 valence electrons. The Bertz CT molecular complexity index is 551. The molecule has 2 N–H and O–H groups in total. The number of carboxylic acid groups (broad SMARTS) is 1. The number of amides is 1. The van der Waals surface area contributed by atoms with Crippen LogP contribution in [0.1, 0.15) is 59.4 Å². The molecule has 5 nitrogen and oxygen atoms in total. The molecule has 0 fully saturated rings. The van der Waals surface area contributed by atoms with Crippen molar-refractivity contribution in [2.75, 3.05) is 0 Å². The van der Waals surface area contributed by atoms with E-state index in [-0.39, 0.29) is 5.78 Å². The molecule has 1 rings (SSSR count). The number of unbranched alkanes of at least 4 members (excludes halogenated alkanes) is 1. The minimum Gasteiger partial charge on any atom is -0.480 e. The summed E-state index contributed by atoms with van der Waals surface area (Å²) in [4.78, 5) is 34.7. The lowest BCUT2D eigenvalue weighted by Crippen LogP contribution is -2.40. The first-order valence-electron chi connectivity index (χ1n) is 7.02. The van der Waals surface area contributed by atoms with E-state index in [4.69, 9.17) is 5.11 Å². The van der Waals surface area contributed by atoms with Gasteiger partial charge in [0.1, 0.15) is 6.04 Å². The van der Waals surface area contributed by atoms with E-state index in [0.717, 1.165) is 18.4 Å². The van der Waals surface area contributed by atoms with Crippen molar-refractivity contribution in [3.63, 3.8) is 0 Å². The van der Waals surface area contributed by atoms with Crippen LogP contribution in [0.25, 0.3) is 0 Å². The normalized spacial score (nSPS) is 11.8. The molecule has 0 unspecified atom stereocenters. The van der Waals surface area contributed by atoms with Gasteiger partial charge in [0.25, 0.3) is 5.91 Å². The number of aliphatic carboxylic acids is 1. The second-order valence-electron chi connectivity index (χ2n) is 5.09. The summed E-state index contributed by atoms with van der Waals surface area (Å²) in [5.74, 6) is -1.64. The first-order valence-corrected chi connectivity index (χ1v) is 7.02. The molecule has 21 heavy (non-hydrogen) atoms. The molecule has 0 radical (unpaired) electrons. The van der Waals surface area contributed by atoms with Crippen LogP contribution in [-0.2, 0) is 4.79 Å². The molecule has 0 saturated carbocycles. The summed E-state index contributed by atoms with van der Waals surface area (Å²) >= 11 is 0. The van der Waals surface area contributed by atoms with Crippen molar-refractivity contribution in [3.8, 4) is 0 Å². The Morgan fingerprint density at radius 2 is 1.95 bits per heavy atom. The SMILES string of the molecule is CCCC[C@H](NC(=O)c1ccc(C)c(C(C)=O)c1)C(=O)O. The Kier molecular flexibility index (Phi) is 6.09. The highest BCUT2D eigenvalue weighted by Crippen LogP contribution is 2.12. The smallest absolute Gasteiger partial charge is 0.326 e. The largest absolute Gasteiger partial charge is 0.480 e. The number of ketones is 1. The molecule has 1 aromatic carbocycles. The molecule has 0 heterocycles. The van der Waals surface area contributed by atoms with Crippen molar-refractivity contribution >= 4 is 17.7 Å². The van der Waals surface area contributed by atoms with Crippen molar-refractivity contribution < 1.29 is 19.5 Å². The van der Waals surface area contributed by atoms with E-state index in [9.17, 15) is 14.4 Å². The van der Waals surface area contributed by atoms with Crippen molar-refractivity contribution in [3.05, 3.63) is 34.9 Å². The van der Waals surface area contributed by atoms with Crippen LogP contribution in [-0.4, -0.2) is 28.8 Å². The fourth-order valence-electron chi connectivity index (χ4n) is 2.05. The number of Topliss-reactive ketones (excluding diaryl/α,β-unsaturated/α-hetero) is 1. The molecular formula is C16H21NO4. The van der Waals surface area contributed by atoms with Gasteiger partial charge in [-0.15, -0.1) is 0 Å². The van der Waals surface area contributed by atoms with Gasteiger partial charge < -0.3 is 10.4 Å². The summed E-state index contributed by atoms with van der Waals surface area (Å²) in [6.45, 7) is 5.19. The Balaban J connectivity index is 2.90. The van der Waals surface area contributed by atoms with Crippen LogP contribution in [0.2, 0.25) is 0 Å². The van der Waals surface area contributed by atoms with Gasteiger partial charge in [0.05, 0.1) is 0 Å². The number of carboxylic acids is 1. The van der Waals surface area contributed by atoms with Crippen LogP contribution in [0.4, 0.5) is 0 Å². The topological polar surface area (TPSA) is 83.5 Å². The Hall–Kier alpha value is -2.17. The zero-order valence-electron chi connectivity index (χ0n) is 12.6. The number of rotatable bonds is 7. The molecular weight excluding hydrogens is 270 g/mol. The lowest BCUT2D eigenvalue weighted by Gasteiger charge is -2.14. The summed E-state index contributed by atoms with van der Waals surface area (Å²) in [7, 11) is 0. The predicted octanol–water partition coefficient (Wildman–Crippen LogP) is 2.57. The maximum absolute atomic E-state index is 12.1. The first kappa shape index (κ1) is 16.9. The van der Waals surface area contributed by atoms with Crippen LogP contribution < -0.4 is 5.32 Å². The third kappa shape index (κ3) is 4.70. The van der Waals surface area contributed by atoms with Gasteiger partial charge in [-0.1, -0.05) is 25.8 Å². The van der Waals surface area contributed by atoms with E-state index in [2.05, 4.69) is 5.32 Å². The number of benzene rings is 1. The van der Waals surface area contributed by atoms with E-state index < -0.39 is 17.9 Å². The van der Waals surface area contributed by atoms with Gasteiger partial charge in [0, 0.05) is 11.1 Å². The Morgan fingerprint density at radius 1 is 1.29 bits per heavy atom. The molecule has 0 saturated heterocycles. The maximum atomic E-state index is 12.1. The van der Waals surface area contributed by atoms with E-state index >= 15 is 0 Å². The summed E-state index contributed by atoms with van der Waals surface area (Å²) in [6.07, 6.45) is 1.98. The third-order valence-corrected chi connectivity index (χ3v) is 3.33. The molecule has 0 aliphatic heterocycles. The highest BCUT2D eigenvalue weighted by atomic mass is 16.4. The van der Waals surface area contributed by atoms with E-state index in [1.807, 2.05) is 6.92 Å². The second kappa shape index (κ2) is 7.57. The van der Waals surface area contributed by atoms with Crippen molar-refractivity contribution in [2.45, 2.75) is 46.1 Å². The summed E-state index contributed by atoms with van der Waals surface area (Å²) in [5, 5.41) is 11.6. The zero-order valence-corrected chi connectivity index (χ0v) is 12.6. The van der Waals surface area contributed by atoms with E-state index in [1.165, 1.54) is 13.0 Å². The number of carbonyl (C=O) groups is 3. The average molecular weight is 291 g/mol. The number of hydrogen-bond acceptors (Lipinski definition) is 3. The summed E-state index contributed by atoms with van der Waals surface area (Å²) in [5.41, 5.74) is 1.57. The number of nitrogens with one attached hydrogen (secondary N) is 1. The summed E-state index contributed by atoms with van der Waals surface area (Å²) in [6, 6.07) is 3.88. The standard InChI is InChI=1S/C16H21NO4/c1-4-5-6-14(16(20)21)17-15(19)12-8-7-10(2)13(9-12)11(3)18/h7-9,14H,4-6H2,1-3H3,(H,17,19)(H,20,21)/t14-/m0/s1. The van der Waals surface area contributed by atoms with Crippen LogP contribution in [0.15, 0.2) is 18.2 Å². The van der Waals surface area contributed by atoms with Crippen LogP contribution >= 0.6 is 0 Å². The second-order valence-corrected chi connectivity index (χ2v) is 5.09. The van der Waals surface area contributed by atoms with E-state index in [1.54, 1.807) is 19.1 Å². The van der Waals surface area contributed by atoms with Crippen LogP contribution in [0, 0.1) is 6.92 Å². The lowest BCUT2D eigenvalue weighted by molar-refractivity contribution is -0.139. The van der Waals surface area contributed by atoms with Crippen molar-refractivity contribution in [2.24, 2.45) is 0 Å². The highest BCUT2D eigenvalue weighted by Gasteiger charge is 2.20. The lowest BCUT2D eigenvalue weighted by atomic mass is 10.0. The molecule has 1 amide bonds.